The molecule has 0 saturated heterocycles. The largest absolute Gasteiger partial charge is 0.569 e. The van der Waals surface area contributed by atoms with Gasteiger partial charge in [-0.3, -0.25) is 0 Å². The van der Waals surface area contributed by atoms with Gasteiger partial charge in [-0.05, 0) is 0 Å². The van der Waals surface area contributed by atoms with Crippen LogP contribution in [-0.2, 0) is 6.11 Å². The maximum Gasteiger partial charge on any atom is 0.569 e. The lowest BCUT2D eigenvalue weighted by atomic mass is 10.1. The summed E-state index contributed by atoms with van der Waals surface area (Å²) in [4.78, 5) is 0. The van der Waals surface area contributed by atoms with Gasteiger partial charge in [-0.2, -0.15) is 8.78 Å². The summed E-state index contributed by atoms with van der Waals surface area (Å²) in [6.07, 6.45) is -4.69. The van der Waals surface area contributed by atoms with Gasteiger partial charge >= 0.3 is 13.8 Å². The first-order valence-corrected chi connectivity index (χ1v) is 5.99. The van der Waals surface area contributed by atoms with E-state index in [9.17, 15) is 30.7 Å². The minimum absolute atomic E-state index is 0.0621. The van der Waals surface area contributed by atoms with Gasteiger partial charge in [-0.15, -0.1) is 0 Å². The van der Waals surface area contributed by atoms with E-state index in [0.29, 0.717) is 12.1 Å². The van der Waals surface area contributed by atoms with Gasteiger partial charge in [0.15, 0.2) is 17.5 Å². The Hall–Kier alpha value is -2.43. The predicted molar refractivity (Wildman–Crippen MR) is 65.8 cm³/mol. The molecule has 0 bridgehead atoms. The highest BCUT2D eigenvalue weighted by Crippen LogP contribution is 2.37. The van der Waals surface area contributed by atoms with Gasteiger partial charge in [0, 0.05) is 24.3 Å². The summed E-state index contributed by atoms with van der Waals surface area (Å²) in [5.74, 6) is -11.1. The number of hydrogen-bond acceptors (Lipinski definition) is 3. The average molecular weight is 353 g/mol. The molecule has 2 rings (SSSR count). The first-order valence-electron chi connectivity index (χ1n) is 5.99. The molecule has 0 amide bonds. The van der Waals surface area contributed by atoms with Crippen molar-refractivity contribution in [3.8, 4) is 11.5 Å². The van der Waals surface area contributed by atoms with E-state index in [2.05, 4.69) is 9.39 Å². The molecule has 0 spiro atoms. The number of rotatable bonds is 5. The molecule has 3 nitrogen and oxygen atoms in total. The van der Waals surface area contributed by atoms with Crippen LogP contribution in [0.2, 0.25) is 0 Å². The van der Waals surface area contributed by atoms with Crippen molar-refractivity contribution in [2.24, 2.45) is 0 Å². The summed E-state index contributed by atoms with van der Waals surface area (Å²) >= 11 is 0. The van der Waals surface area contributed by atoms with Crippen LogP contribution in [0.5, 0.6) is 11.5 Å². The second-order valence-electron chi connectivity index (χ2n) is 4.30. The van der Waals surface area contributed by atoms with E-state index in [1.165, 1.54) is 0 Å². The zero-order valence-electron chi connectivity index (χ0n) is 11.3. The van der Waals surface area contributed by atoms with Crippen molar-refractivity contribution in [1.29, 1.82) is 0 Å². The first kappa shape index (κ1) is 17.9. The normalized spacial score (nSPS) is 11.3. The van der Waals surface area contributed by atoms with Gasteiger partial charge in [0.2, 0.25) is 0 Å². The highest BCUT2D eigenvalue weighted by atomic mass is 19.3. The molecule has 0 aliphatic rings. The molecule has 0 aromatic heterocycles. The molecule has 0 aliphatic carbocycles. The Kier molecular flexibility index (Phi) is 4.92. The summed E-state index contributed by atoms with van der Waals surface area (Å²) in [5.41, 5.74) is -1.88. The van der Waals surface area contributed by atoms with E-state index in [1.807, 2.05) is 0 Å². The van der Waals surface area contributed by atoms with Gasteiger partial charge in [0.25, 0.3) is 0 Å². The van der Waals surface area contributed by atoms with E-state index in [4.69, 9.17) is 5.02 Å². The smallest absolute Gasteiger partial charge is 0.537 e. The number of hydrogen-bond donors (Lipinski definition) is 1. The Morgan fingerprint density at radius 3 is 1.71 bits per heavy atom. The highest BCUT2D eigenvalue weighted by molar-refractivity contribution is 6.17. The Bertz CT molecular complexity index is 723. The monoisotopic (exact) mass is 353 g/mol. The Labute approximate surface area is 130 Å². The van der Waals surface area contributed by atoms with Crippen molar-refractivity contribution in [1.82, 2.24) is 0 Å². The Morgan fingerprint density at radius 2 is 1.25 bits per heavy atom. The minimum Gasteiger partial charge on any atom is -0.537 e. The fourth-order valence-electron chi connectivity index (χ4n) is 1.75. The zero-order chi connectivity index (χ0) is 18.1. The van der Waals surface area contributed by atoms with E-state index >= 15 is 0 Å². The van der Waals surface area contributed by atoms with Crippen LogP contribution < -0.4 is 9.39 Å². The van der Waals surface area contributed by atoms with Gasteiger partial charge < -0.3 is 14.4 Å². The fourth-order valence-corrected chi connectivity index (χ4v) is 1.75. The lowest BCUT2D eigenvalue weighted by molar-refractivity contribution is -0.189. The third-order valence-corrected chi connectivity index (χ3v) is 2.70. The summed E-state index contributed by atoms with van der Waals surface area (Å²) in [7, 11) is 0.0621. The second kappa shape index (κ2) is 6.60. The highest BCUT2D eigenvalue weighted by Gasteiger charge is 2.41. The third kappa shape index (κ3) is 3.56. The summed E-state index contributed by atoms with van der Waals surface area (Å²) in [6, 6.07) is 0.795. The van der Waals surface area contributed by atoms with Crippen LogP contribution in [0, 0.1) is 29.1 Å². The van der Waals surface area contributed by atoms with Gasteiger partial charge in [0.05, 0.1) is 0 Å². The quantitative estimate of drug-likeness (QED) is 0.509. The lowest BCUT2D eigenvalue weighted by Gasteiger charge is -2.20. The standard InChI is InChI=1S/C13H5BF7O3/c15-7-3-6(24-14-22)4-8(16)11(7)13(20,21)23-5-1-9(17)12(19)10(18)2-5/h1-4,22H. The molecule has 0 fully saturated rings. The van der Waals surface area contributed by atoms with Crippen molar-refractivity contribution in [2.75, 3.05) is 0 Å². The number of benzene rings is 2. The summed E-state index contributed by atoms with van der Waals surface area (Å²) in [5, 5.41) is 8.33. The molecule has 0 heterocycles. The molecular formula is C13H5BF7O3. The number of ether oxygens (including phenoxy) is 1. The van der Waals surface area contributed by atoms with E-state index in [0.717, 1.165) is 0 Å². The molecule has 1 N–H and O–H groups in total. The second-order valence-corrected chi connectivity index (χ2v) is 4.30. The molecule has 11 heteroatoms. The van der Waals surface area contributed by atoms with Crippen molar-refractivity contribution in [3.63, 3.8) is 0 Å². The van der Waals surface area contributed by atoms with Crippen LogP contribution in [0.4, 0.5) is 30.7 Å². The molecule has 1 radical (unpaired) electrons. The maximum absolute atomic E-state index is 13.9. The van der Waals surface area contributed by atoms with Gasteiger partial charge in [-0.1, -0.05) is 0 Å². The fraction of sp³-hybridized carbons (Fsp3) is 0.0769. The first-order chi connectivity index (χ1) is 11.2. The van der Waals surface area contributed by atoms with E-state index < -0.39 is 52.3 Å². The Morgan fingerprint density at radius 1 is 0.792 bits per heavy atom. The molecule has 2 aromatic rings. The average Bonchev–Trinajstić information content (AvgIpc) is 2.43. The number of alkyl halides is 2. The molecule has 0 aliphatic heterocycles. The van der Waals surface area contributed by atoms with Crippen molar-refractivity contribution < 1.29 is 45.1 Å². The van der Waals surface area contributed by atoms with Crippen LogP contribution in [0.15, 0.2) is 24.3 Å². The minimum atomic E-state index is -4.69. The van der Waals surface area contributed by atoms with Crippen molar-refractivity contribution in [2.45, 2.75) is 6.11 Å². The third-order valence-electron chi connectivity index (χ3n) is 2.70. The van der Waals surface area contributed by atoms with E-state index in [-0.39, 0.29) is 19.8 Å². The molecule has 0 saturated carbocycles. The van der Waals surface area contributed by atoms with Crippen molar-refractivity contribution in [3.05, 3.63) is 58.9 Å². The van der Waals surface area contributed by atoms with Gasteiger partial charge in [-0.25, -0.2) is 22.0 Å². The van der Waals surface area contributed by atoms with Crippen LogP contribution in [0.25, 0.3) is 0 Å². The van der Waals surface area contributed by atoms with Crippen molar-refractivity contribution >= 4 is 7.69 Å². The van der Waals surface area contributed by atoms with E-state index in [1.54, 1.807) is 0 Å². The van der Waals surface area contributed by atoms with Crippen LogP contribution in [0.1, 0.15) is 5.56 Å². The lowest BCUT2D eigenvalue weighted by Crippen LogP contribution is -2.25. The predicted octanol–water partition coefficient (Wildman–Crippen LogP) is 3.42. The SMILES string of the molecule is O[B]Oc1cc(F)c(C(F)(F)Oc2cc(F)c(F)c(F)c2)c(F)c1. The molecule has 0 unspecified atom stereocenters. The molecule has 127 valence electrons. The number of halogens is 7. The maximum atomic E-state index is 13.9. The molecular weight excluding hydrogens is 348 g/mol. The van der Waals surface area contributed by atoms with Crippen LogP contribution >= 0.6 is 0 Å². The summed E-state index contributed by atoms with van der Waals surface area (Å²) in [6.45, 7) is 0. The van der Waals surface area contributed by atoms with Gasteiger partial charge in [0.1, 0.15) is 28.7 Å². The Balaban J connectivity index is 2.40. The molecule has 0 atom stereocenters. The molecule has 24 heavy (non-hydrogen) atoms. The molecule has 2 aromatic carbocycles. The van der Waals surface area contributed by atoms with Crippen LogP contribution in [0.3, 0.4) is 0 Å². The summed E-state index contributed by atoms with van der Waals surface area (Å²) < 4.78 is 102. The van der Waals surface area contributed by atoms with Crippen LogP contribution in [-0.4, -0.2) is 12.7 Å². The zero-order valence-corrected chi connectivity index (χ0v) is 11.3. The topological polar surface area (TPSA) is 38.7 Å².